The predicted molar refractivity (Wildman–Crippen MR) is 71.7 cm³/mol. The molecule has 5 heteroatoms. The lowest BCUT2D eigenvalue weighted by molar-refractivity contribution is 0.896. The first-order chi connectivity index (χ1) is 8.70. The molecule has 18 heavy (non-hydrogen) atoms. The molecule has 0 unspecified atom stereocenters. The molecule has 0 amide bonds. The van der Waals surface area contributed by atoms with E-state index in [9.17, 15) is 0 Å². The zero-order valence-electron chi connectivity index (χ0n) is 10.1. The summed E-state index contributed by atoms with van der Waals surface area (Å²) in [6.45, 7) is 3.94. The molecule has 3 aromatic rings. The Hall–Kier alpha value is -1.88. The molecule has 0 saturated heterocycles. The van der Waals surface area contributed by atoms with Gasteiger partial charge in [-0.05, 0) is 43.8 Å². The Morgan fingerprint density at radius 2 is 1.72 bits per heavy atom. The Morgan fingerprint density at radius 1 is 1.00 bits per heavy atom. The molecular formula is C13H12N4S. The second kappa shape index (κ2) is 4.42. The van der Waals surface area contributed by atoms with Crippen LogP contribution in [0.4, 0.5) is 0 Å². The summed E-state index contributed by atoms with van der Waals surface area (Å²) in [4.78, 5) is 16.5. The maximum atomic E-state index is 4.49. The number of hydrogen-bond acceptors (Lipinski definition) is 4. The highest BCUT2D eigenvalue weighted by atomic mass is 32.2. The fraction of sp³-hybridized carbons (Fsp3) is 0.154. The van der Waals surface area contributed by atoms with Crippen LogP contribution < -0.4 is 0 Å². The van der Waals surface area contributed by atoms with Gasteiger partial charge in [0.2, 0.25) is 0 Å². The third kappa shape index (κ3) is 2.22. The molecule has 0 fully saturated rings. The van der Waals surface area contributed by atoms with Gasteiger partial charge in [0.25, 0.3) is 0 Å². The number of imidazole rings is 1. The van der Waals surface area contributed by atoms with Crippen LogP contribution in [0.5, 0.6) is 0 Å². The SMILES string of the molecule is Cc1cc(C)nc(Sc2nc3ccccc3[nH]2)n1. The highest BCUT2D eigenvalue weighted by Gasteiger charge is 2.07. The fourth-order valence-electron chi connectivity index (χ4n) is 1.80. The van der Waals surface area contributed by atoms with Gasteiger partial charge in [-0.3, -0.25) is 0 Å². The number of benzene rings is 1. The van der Waals surface area contributed by atoms with E-state index in [-0.39, 0.29) is 0 Å². The van der Waals surface area contributed by atoms with Crippen LogP contribution in [-0.4, -0.2) is 19.9 Å². The minimum atomic E-state index is 0.728. The molecule has 0 saturated carbocycles. The van der Waals surface area contributed by atoms with Gasteiger partial charge in [0.15, 0.2) is 10.3 Å². The monoisotopic (exact) mass is 256 g/mol. The van der Waals surface area contributed by atoms with Gasteiger partial charge in [0.1, 0.15) is 0 Å². The third-order valence-electron chi connectivity index (χ3n) is 2.52. The zero-order chi connectivity index (χ0) is 12.5. The topological polar surface area (TPSA) is 54.5 Å². The van der Waals surface area contributed by atoms with Crippen LogP contribution in [0.2, 0.25) is 0 Å². The van der Waals surface area contributed by atoms with Gasteiger partial charge in [-0.2, -0.15) is 0 Å². The molecule has 0 aliphatic heterocycles. The average Bonchev–Trinajstić information content (AvgIpc) is 2.69. The number of nitrogens with zero attached hydrogens (tertiary/aromatic N) is 3. The van der Waals surface area contributed by atoms with E-state index in [1.54, 1.807) is 0 Å². The fourth-order valence-corrected chi connectivity index (χ4v) is 2.66. The molecule has 0 radical (unpaired) electrons. The highest BCUT2D eigenvalue weighted by Crippen LogP contribution is 2.24. The van der Waals surface area contributed by atoms with Crippen LogP contribution in [0.1, 0.15) is 11.4 Å². The van der Waals surface area contributed by atoms with Crippen molar-refractivity contribution in [2.75, 3.05) is 0 Å². The van der Waals surface area contributed by atoms with Crippen molar-refractivity contribution in [3.05, 3.63) is 41.7 Å². The van der Waals surface area contributed by atoms with Crippen molar-refractivity contribution in [2.45, 2.75) is 24.2 Å². The quantitative estimate of drug-likeness (QED) is 0.716. The Kier molecular flexibility index (Phi) is 2.76. The summed E-state index contributed by atoms with van der Waals surface area (Å²) in [5.74, 6) is 0. The number of aryl methyl sites for hydroxylation is 2. The van der Waals surface area contributed by atoms with Crippen LogP contribution in [0, 0.1) is 13.8 Å². The number of aromatic amines is 1. The number of hydrogen-bond donors (Lipinski definition) is 1. The minimum Gasteiger partial charge on any atom is -0.333 e. The van der Waals surface area contributed by atoms with Crippen molar-refractivity contribution in [3.63, 3.8) is 0 Å². The summed E-state index contributed by atoms with van der Waals surface area (Å²) >= 11 is 1.45. The highest BCUT2D eigenvalue weighted by molar-refractivity contribution is 7.99. The zero-order valence-corrected chi connectivity index (χ0v) is 11.0. The van der Waals surface area contributed by atoms with E-state index >= 15 is 0 Å². The molecule has 0 aliphatic rings. The molecule has 3 rings (SSSR count). The Balaban J connectivity index is 1.96. The van der Waals surface area contributed by atoms with Crippen LogP contribution in [0.15, 0.2) is 40.6 Å². The van der Waals surface area contributed by atoms with Crippen LogP contribution in [0.3, 0.4) is 0 Å². The van der Waals surface area contributed by atoms with Crippen molar-refractivity contribution in [1.29, 1.82) is 0 Å². The number of para-hydroxylation sites is 2. The number of H-pyrrole nitrogens is 1. The summed E-state index contributed by atoms with van der Waals surface area (Å²) < 4.78 is 0. The Bertz CT molecular complexity index is 652. The number of aromatic nitrogens is 4. The van der Waals surface area contributed by atoms with Gasteiger partial charge >= 0.3 is 0 Å². The molecule has 2 aromatic heterocycles. The maximum absolute atomic E-state index is 4.49. The molecule has 1 N–H and O–H groups in total. The molecule has 2 heterocycles. The van der Waals surface area contributed by atoms with E-state index in [2.05, 4.69) is 19.9 Å². The van der Waals surface area contributed by atoms with Gasteiger partial charge in [-0.15, -0.1) is 0 Å². The molecule has 4 nitrogen and oxygen atoms in total. The maximum Gasteiger partial charge on any atom is 0.195 e. The van der Waals surface area contributed by atoms with Crippen molar-refractivity contribution >= 4 is 22.8 Å². The van der Waals surface area contributed by atoms with E-state index in [1.807, 2.05) is 44.2 Å². The third-order valence-corrected chi connectivity index (χ3v) is 3.27. The predicted octanol–water partition coefficient (Wildman–Crippen LogP) is 3.12. The van der Waals surface area contributed by atoms with Crippen LogP contribution in [-0.2, 0) is 0 Å². The molecule has 0 bridgehead atoms. The van der Waals surface area contributed by atoms with E-state index in [1.165, 1.54) is 11.8 Å². The Morgan fingerprint density at radius 3 is 2.44 bits per heavy atom. The summed E-state index contributed by atoms with van der Waals surface area (Å²) in [5, 5.41) is 1.55. The second-order valence-electron chi connectivity index (χ2n) is 4.09. The van der Waals surface area contributed by atoms with E-state index in [4.69, 9.17) is 0 Å². The van der Waals surface area contributed by atoms with E-state index < -0.39 is 0 Å². The van der Waals surface area contributed by atoms with E-state index in [0.29, 0.717) is 0 Å². The first-order valence-electron chi connectivity index (χ1n) is 5.65. The summed E-state index contributed by atoms with van der Waals surface area (Å²) in [6, 6.07) is 9.92. The van der Waals surface area contributed by atoms with Gasteiger partial charge in [0, 0.05) is 11.4 Å². The van der Waals surface area contributed by atoms with E-state index in [0.717, 1.165) is 32.7 Å². The van der Waals surface area contributed by atoms with Gasteiger partial charge in [-0.25, -0.2) is 15.0 Å². The van der Waals surface area contributed by atoms with Gasteiger partial charge in [0.05, 0.1) is 11.0 Å². The molecule has 0 atom stereocenters. The molecule has 1 aromatic carbocycles. The molecular weight excluding hydrogens is 244 g/mol. The first kappa shape index (κ1) is 11.2. The Labute approximate surface area is 109 Å². The normalized spacial score (nSPS) is 11.0. The van der Waals surface area contributed by atoms with Crippen molar-refractivity contribution < 1.29 is 0 Å². The van der Waals surface area contributed by atoms with Crippen LogP contribution >= 0.6 is 11.8 Å². The van der Waals surface area contributed by atoms with Gasteiger partial charge in [-0.1, -0.05) is 12.1 Å². The smallest absolute Gasteiger partial charge is 0.195 e. The first-order valence-corrected chi connectivity index (χ1v) is 6.47. The number of rotatable bonds is 2. The van der Waals surface area contributed by atoms with Crippen molar-refractivity contribution in [2.24, 2.45) is 0 Å². The lowest BCUT2D eigenvalue weighted by atomic mass is 10.3. The number of nitrogens with one attached hydrogen (secondary N) is 1. The minimum absolute atomic E-state index is 0.728. The second-order valence-corrected chi connectivity index (χ2v) is 5.05. The molecule has 0 aliphatic carbocycles. The number of fused-ring (bicyclic) bond motifs is 1. The summed E-state index contributed by atoms with van der Waals surface area (Å²) in [7, 11) is 0. The summed E-state index contributed by atoms with van der Waals surface area (Å²) in [5.41, 5.74) is 3.94. The van der Waals surface area contributed by atoms with Crippen LogP contribution in [0.25, 0.3) is 11.0 Å². The molecule has 0 spiro atoms. The van der Waals surface area contributed by atoms with Crippen molar-refractivity contribution in [1.82, 2.24) is 19.9 Å². The molecule has 90 valence electrons. The lowest BCUT2D eigenvalue weighted by Crippen LogP contribution is -1.92. The standard InChI is InChI=1S/C13H12N4S/c1-8-7-9(2)15-12(14-8)18-13-16-10-5-3-4-6-11(10)17-13/h3-7H,1-2H3,(H,16,17). The van der Waals surface area contributed by atoms with Crippen molar-refractivity contribution in [3.8, 4) is 0 Å². The lowest BCUT2D eigenvalue weighted by Gasteiger charge is -1.99. The van der Waals surface area contributed by atoms with Gasteiger partial charge < -0.3 is 4.98 Å². The summed E-state index contributed by atoms with van der Waals surface area (Å²) in [6.07, 6.45) is 0. The average molecular weight is 256 g/mol. The largest absolute Gasteiger partial charge is 0.333 e.